The number of rotatable bonds is 4. The molecule has 0 unspecified atom stereocenters. The number of ether oxygens (including phenoxy) is 1. The fourth-order valence-electron chi connectivity index (χ4n) is 2.72. The standard InChI is InChI=1S/C20H12N4O2/c21-11-14-1-3-15(4-2-14)18-12-22-24-10-9-19(23-20(18)24)16-5-7-17(8-6-16)26-13-25/h1-10,12-13H. The molecule has 2 aromatic carbocycles. The van der Waals surface area contributed by atoms with Crippen molar-refractivity contribution in [2.45, 2.75) is 0 Å². The molecule has 6 nitrogen and oxygen atoms in total. The summed E-state index contributed by atoms with van der Waals surface area (Å²) in [4.78, 5) is 15.1. The van der Waals surface area contributed by atoms with E-state index in [2.05, 4.69) is 11.2 Å². The van der Waals surface area contributed by atoms with Gasteiger partial charge in [-0.25, -0.2) is 9.50 Å². The van der Waals surface area contributed by atoms with Crippen molar-refractivity contribution in [2.75, 3.05) is 0 Å². The molecule has 0 radical (unpaired) electrons. The van der Waals surface area contributed by atoms with Gasteiger partial charge in [0.25, 0.3) is 6.47 Å². The molecule has 6 heteroatoms. The molecule has 0 spiro atoms. The SMILES string of the molecule is N#Cc1ccc(-c2cnn3ccc(-c4ccc(OC=O)cc4)nc23)cc1. The summed E-state index contributed by atoms with van der Waals surface area (Å²) in [5.74, 6) is 0.479. The molecule has 0 saturated carbocycles. The van der Waals surface area contributed by atoms with E-state index in [1.54, 1.807) is 35.0 Å². The Bertz CT molecular complexity index is 1120. The van der Waals surface area contributed by atoms with Gasteiger partial charge in [-0.1, -0.05) is 12.1 Å². The number of carbonyl (C=O) groups excluding carboxylic acids is 1. The summed E-state index contributed by atoms with van der Waals surface area (Å²) in [5.41, 5.74) is 4.84. The molecular formula is C20H12N4O2. The Hall–Kier alpha value is -3.98. The molecular weight excluding hydrogens is 328 g/mol. The van der Waals surface area contributed by atoms with Crippen molar-refractivity contribution < 1.29 is 9.53 Å². The van der Waals surface area contributed by atoms with Crippen molar-refractivity contribution >= 4 is 12.1 Å². The van der Waals surface area contributed by atoms with E-state index in [-0.39, 0.29) is 0 Å². The van der Waals surface area contributed by atoms with Crippen LogP contribution in [0.5, 0.6) is 5.75 Å². The van der Waals surface area contributed by atoms with Gasteiger partial charge in [0, 0.05) is 17.3 Å². The Morgan fingerprint density at radius 2 is 1.73 bits per heavy atom. The zero-order valence-electron chi connectivity index (χ0n) is 13.5. The second kappa shape index (κ2) is 6.49. The predicted octanol–water partition coefficient (Wildman–Crippen LogP) is 3.47. The lowest BCUT2D eigenvalue weighted by atomic mass is 10.1. The van der Waals surface area contributed by atoms with Gasteiger partial charge in [-0.2, -0.15) is 10.4 Å². The molecule has 0 bridgehead atoms. The van der Waals surface area contributed by atoms with Crippen molar-refractivity contribution in [2.24, 2.45) is 0 Å². The molecule has 0 fully saturated rings. The summed E-state index contributed by atoms with van der Waals surface area (Å²) >= 11 is 0. The van der Waals surface area contributed by atoms with Gasteiger partial charge < -0.3 is 4.74 Å². The van der Waals surface area contributed by atoms with Crippen LogP contribution < -0.4 is 4.74 Å². The third-order valence-electron chi connectivity index (χ3n) is 4.03. The average molecular weight is 340 g/mol. The minimum absolute atomic E-state index is 0.398. The first kappa shape index (κ1) is 15.5. The van der Waals surface area contributed by atoms with E-state index in [0.717, 1.165) is 28.0 Å². The molecule has 0 saturated heterocycles. The molecule has 0 amide bonds. The Kier molecular flexibility index (Phi) is 3.88. The molecule has 4 rings (SSSR count). The minimum Gasteiger partial charge on any atom is -0.429 e. The number of hydrogen-bond acceptors (Lipinski definition) is 5. The van der Waals surface area contributed by atoms with Gasteiger partial charge in [0.2, 0.25) is 0 Å². The largest absolute Gasteiger partial charge is 0.429 e. The number of aromatic nitrogens is 3. The molecule has 124 valence electrons. The van der Waals surface area contributed by atoms with E-state index in [1.807, 2.05) is 36.5 Å². The van der Waals surface area contributed by atoms with E-state index >= 15 is 0 Å². The molecule has 26 heavy (non-hydrogen) atoms. The van der Waals surface area contributed by atoms with Gasteiger partial charge in [-0.15, -0.1) is 0 Å². The van der Waals surface area contributed by atoms with Crippen LogP contribution in [0.15, 0.2) is 67.0 Å². The zero-order chi connectivity index (χ0) is 17.9. The topological polar surface area (TPSA) is 80.3 Å². The summed E-state index contributed by atoms with van der Waals surface area (Å²) in [5, 5.41) is 13.3. The average Bonchev–Trinajstić information content (AvgIpc) is 3.12. The number of carbonyl (C=O) groups is 1. The quantitative estimate of drug-likeness (QED) is 0.531. The summed E-state index contributed by atoms with van der Waals surface area (Å²) in [7, 11) is 0. The van der Waals surface area contributed by atoms with Gasteiger partial charge in [0.15, 0.2) is 5.65 Å². The van der Waals surface area contributed by atoms with Crippen molar-refractivity contribution in [1.82, 2.24) is 14.6 Å². The molecule has 0 aliphatic heterocycles. The summed E-state index contributed by atoms with van der Waals surface area (Å²) in [6, 6.07) is 18.4. The maximum atomic E-state index is 10.4. The minimum atomic E-state index is 0.398. The maximum Gasteiger partial charge on any atom is 0.298 e. The Morgan fingerprint density at radius 1 is 1.00 bits per heavy atom. The van der Waals surface area contributed by atoms with Crippen LogP contribution in [0.4, 0.5) is 0 Å². The number of nitriles is 1. The van der Waals surface area contributed by atoms with Gasteiger partial charge in [-0.3, -0.25) is 4.79 Å². The van der Waals surface area contributed by atoms with E-state index in [9.17, 15) is 4.79 Å². The first-order chi connectivity index (χ1) is 12.8. The van der Waals surface area contributed by atoms with Crippen LogP contribution in [0.25, 0.3) is 28.0 Å². The van der Waals surface area contributed by atoms with Crippen LogP contribution in [0.3, 0.4) is 0 Å². The molecule has 0 atom stereocenters. The highest BCUT2D eigenvalue weighted by Gasteiger charge is 2.10. The van der Waals surface area contributed by atoms with E-state index < -0.39 is 0 Å². The first-order valence-electron chi connectivity index (χ1n) is 7.84. The second-order valence-corrected chi connectivity index (χ2v) is 5.57. The first-order valence-corrected chi connectivity index (χ1v) is 7.84. The Morgan fingerprint density at radius 3 is 2.42 bits per heavy atom. The van der Waals surface area contributed by atoms with Gasteiger partial charge >= 0.3 is 0 Å². The summed E-state index contributed by atoms with van der Waals surface area (Å²) in [6.07, 6.45) is 3.61. The fourth-order valence-corrected chi connectivity index (χ4v) is 2.72. The van der Waals surface area contributed by atoms with Crippen LogP contribution in [0, 0.1) is 11.3 Å². The van der Waals surface area contributed by atoms with Gasteiger partial charge in [0.05, 0.1) is 23.5 Å². The van der Waals surface area contributed by atoms with Gasteiger partial charge in [-0.05, 0) is 48.0 Å². The van der Waals surface area contributed by atoms with Crippen molar-refractivity contribution in [3.05, 3.63) is 72.6 Å². The molecule has 4 aromatic rings. The number of fused-ring (bicyclic) bond motifs is 1. The highest BCUT2D eigenvalue weighted by atomic mass is 16.5. The monoisotopic (exact) mass is 340 g/mol. The molecule has 2 aromatic heterocycles. The highest BCUT2D eigenvalue weighted by molar-refractivity contribution is 5.78. The van der Waals surface area contributed by atoms with Crippen molar-refractivity contribution in [3.63, 3.8) is 0 Å². The maximum absolute atomic E-state index is 10.4. The van der Waals surface area contributed by atoms with E-state index in [0.29, 0.717) is 17.8 Å². The fraction of sp³-hybridized carbons (Fsp3) is 0. The third-order valence-corrected chi connectivity index (χ3v) is 4.03. The number of nitrogens with zero attached hydrogens (tertiary/aromatic N) is 4. The van der Waals surface area contributed by atoms with Crippen molar-refractivity contribution in [1.29, 1.82) is 5.26 Å². The van der Waals surface area contributed by atoms with Crippen LogP contribution in [-0.4, -0.2) is 21.1 Å². The smallest absolute Gasteiger partial charge is 0.298 e. The Labute approximate surface area is 148 Å². The highest BCUT2D eigenvalue weighted by Crippen LogP contribution is 2.26. The second-order valence-electron chi connectivity index (χ2n) is 5.57. The lowest BCUT2D eigenvalue weighted by Crippen LogP contribution is -1.93. The lowest BCUT2D eigenvalue weighted by molar-refractivity contribution is -0.120. The number of benzene rings is 2. The molecule has 2 heterocycles. The summed E-state index contributed by atoms with van der Waals surface area (Å²) < 4.78 is 6.52. The van der Waals surface area contributed by atoms with Crippen LogP contribution in [0.2, 0.25) is 0 Å². The predicted molar refractivity (Wildman–Crippen MR) is 95.3 cm³/mol. The lowest BCUT2D eigenvalue weighted by Gasteiger charge is -2.04. The zero-order valence-corrected chi connectivity index (χ0v) is 13.5. The van der Waals surface area contributed by atoms with E-state index in [4.69, 9.17) is 15.0 Å². The molecule has 0 aliphatic carbocycles. The normalized spacial score (nSPS) is 10.4. The van der Waals surface area contributed by atoms with Crippen LogP contribution >= 0.6 is 0 Å². The number of hydrogen-bond donors (Lipinski definition) is 0. The van der Waals surface area contributed by atoms with E-state index in [1.165, 1.54) is 0 Å². The van der Waals surface area contributed by atoms with Gasteiger partial charge in [0.1, 0.15) is 5.75 Å². The van der Waals surface area contributed by atoms with Crippen LogP contribution in [-0.2, 0) is 4.79 Å². The molecule has 0 aliphatic rings. The van der Waals surface area contributed by atoms with Crippen LogP contribution in [0.1, 0.15) is 5.56 Å². The Balaban J connectivity index is 1.76. The third kappa shape index (κ3) is 2.78. The summed E-state index contributed by atoms with van der Waals surface area (Å²) in [6.45, 7) is 0.398. The molecule has 0 N–H and O–H groups in total. The van der Waals surface area contributed by atoms with Crippen molar-refractivity contribution in [3.8, 4) is 34.2 Å².